The van der Waals surface area contributed by atoms with E-state index in [0.717, 1.165) is 23.6 Å². The summed E-state index contributed by atoms with van der Waals surface area (Å²) in [6, 6.07) is 12.4. The summed E-state index contributed by atoms with van der Waals surface area (Å²) in [6.45, 7) is 0.442. The minimum absolute atomic E-state index is 0.367. The van der Waals surface area contributed by atoms with Crippen molar-refractivity contribution in [3.05, 3.63) is 77.5 Å². The van der Waals surface area contributed by atoms with Crippen LogP contribution in [0.2, 0.25) is 0 Å². The van der Waals surface area contributed by atoms with Gasteiger partial charge in [0.15, 0.2) is 0 Å². The number of aromatic nitrogens is 1. The molecule has 0 unspecified atom stereocenters. The van der Waals surface area contributed by atoms with Gasteiger partial charge in [-0.1, -0.05) is 24.3 Å². The summed E-state index contributed by atoms with van der Waals surface area (Å²) < 4.78 is 48.3. The molecule has 0 bridgehead atoms. The summed E-state index contributed by atoms with van der Waals surface area (Å²) in [6.07, 6.45) is 0.432. The molecule has 1 aromatic heterocycles. The van der Waals surface area contributed by atoms with Crippen LogP contribution in [0.1, 0.15) is 22.7 Å². The molecule has 0 saturated carbocycles. The lowest BCUT2D eigenvalue weighted by Crippen LogP contribution is -2.03. The second-order valence-electron chi connectivity index (χ2n) is 5.68. The number of rotatable bonds is 6. The molecular formula is C20H17F3N2O2. The Bertz CT molecular complexity index is 915. The normalized spacial score (nSPS) is 11.7. The fourth-order valence-electron chi connectivity index (χ4n) is 2.41. The Labute approximate surface area is 154 Å². The van der Waals surface area contributed by atoms with Crippen molar-refractivity contribution in [2.45, 2.75) is 12.7 Å². The maximum absolute atomic E-state index is 12.6. The maximum atomic E-state index is 12.6. The van der Waals surface area contributed by atoms with Crippen molar-refractivity contribution in [2.75, 3.05) is 12.4 Å². The van der Waals surface area contributed by atoms with Crippen molar-refractivity contribution in [1.29, 1.82) is 0 Å². The predicted molar refractivity (Wildman–Crippen MR) is 97.2 cm³/mol. The molecule has 140 valence electrons. The molecular weight excluding hydrogens is 357 g/mol. The van der Waals surface area contributed by atoms with Crippen LogP contribution in [-0.2, 0) is 12.7 Å². The Morgan fingerprint density at radius 2 is 1.81 bits per heavy atom. The number of halogens is 3. The Morgan fingerprint density at radius 3 is 2.52 bits per heavy atom. The minimum atomic E-state index is -4.34. The lowest BCUT2D eigenvalue weighted by atomic mass is 10.1. The van der Waals surface area contributed by atoms with Gasteiger partial charge >= 0.3 is 6.18 Å². The van der Waals surface area contributed by atoms with Crippen LogP contribution in [0.15, 0.2) is 59.2 Å². The molecule has 1 N–H and O–H groups in total. The van der Waals surface area contributed by atoms with Crippen molar-refractivity contribution in [3.8, 4) is 5.75 Å². The number of hydrogen-bond donors (Lipinski definition) is 1. The predicted octanol–water partition coefficient (Wildman–Crippen LogP) is 5.48. The number of ether oxygens (including phenoxy) is 1. The monoisotopic (exact) mass is 374 g/mol. The zero-order valence-corrected chi connectivity index (χ0v) is 14.5. The fraction of sp³-hybridized carbons (Fsp3) is 0.150. The second-order valence-corrected chi connectivity index (χ2v) is 5.68. The minimum Gasteiger partial charge on any atom is -0.495 e. The zero-order chi connectivity index (χ0) is 19.3. The molecule has 0 aliphatic carbocycles. The number of nitrogens with one attached hydrogen (secondary N) is 1. The Balaban J connectivity index is 1.61. The highest BCUT2D eigenvalue weighted by Gasteiger charge is 2.29. The van der Waals surface area contributed by atoms with Gasteiger partial charge in [0, 0.05) is 6.08 Å². The molecule has 7 heteroatoms. The number of alkyl halides is 3. The first kappa shape index (κ1) is 18.6. The van der Waals surface area contributed by atoms with Crippen LogP contribution in [-0.4, -0.2) is 12.1 Å². The average molecular weight is 374 g/mol. The number of oxazole rings is 1. The summed E-state index contributed by atoms with van der Waals surface area (Å²) in [7, 11) is 1.60. The van der Waals surface area contributed by atoms with Crippen LogP contribution in [0.4, 0.5) is 18.9 Å². The molecule has 27 heavy (non-hydrogen) atoms. The van der Waals surface area contributed by atoms with Crippen molar-refractivity contribution in [2.24, 2.45) is 0 Å². The molecule has 0 aliphatic heterocycles. The van der Waals surface area contributed by atoms with E-state index < -0.39 is 11.7 Å². The largest absolute Gasteiger partial charge is 0.495 e. The molecule has 0 atom stereocenters. The van der Waals surface area contributed by atoms with Gasteiger partial charge in [0.05, 0.1) is 30.6 Å². The third-order valence-electron chi connectivity index (χ3n) is 3.79. The van der Waals surface area contributed by atoms with E-state index in [1.807, 2.05) is 24.3 Å². The quantitative estimate of drug-likeness (QED) is 0.620. The topological polar surface area (TPSA) is 47.3 Å². The highest BCUT2D eigenvalue weighted by molar-refractivity contribution is 5.66. The molecule has 0 amide bonds. The summed E-state index contributed by atoms with van der Waals surface area (Å²) in [4.78, 5) is 4.32. The second kappa shape index (κ2) is 7.99. The molecule has 2 aromatic carbocycles. The first-order chi connectivity index (χ1) is 13.0. The molecule has 3 rings (SSSR count). The van der Waals surface area contributed by atoms with Crippen molar-refractivity contribution in [3.63, 3.8) is 0 Å². The Hall–Kier alpha value is -3.22. The number of methoxy groups -OCH3 is 1. The van der Waals surface area contributed by atoms with E-state index in [9.17, 15) is 13.2 Å². The number of hydrogen-bond acceptors (Lipinski definition) is 4. The van der Waals surface area contributed by atoms with Crippen LogP contribution in [0.5, 0.6) is 5.75 Å². The highest BCUT2D eigenvalue weighted by Crippen LogP contribution is 2.29. The van der Waals surface area contributed by atoms with Crippen LogP contribution in [0.3, 0.4) is 0 Å². The van der Waals surface area contributed by atoms with E-state index in [1.165, 1.54) is 18.4 Å². The summed E-state index contributed by atoms with van der Waals surface area (Å²) in [5.74, 6) is 1.09. The summed E-state index contributed by atoms with van der Waals surface area (Å²) >= 11 is 0. The lowest BCUT2D eigenvalue weighted by molar-refractivity contribution is -0.137. The molecule has 0 radical (unpaired) electrons. The SMILES string of the molecule is COc1ccccc1NCc1coc(/C=C/c2ccc(C(F)(F)F)cc2)n1. The van der Waals surface area contributed by atoms with Gasteiger partial charge in [-0.3, -0.25) is 0 Å². The maximum Gasteiger partial charge on any atom is 0.416 e. The summed E-state index contributed by atoms with van der Waals surface area (Å²) in [5.41, 5.74) is 1.47. The van der Waals surface area contributed by atoms with Gasteiger partial charge < -0.3 is 14.5 Å². The lowest BCUT2D eigenvalue weighted by Gasteiger charge is -2.09. The smallest absolute Gasteiger partial charge is 0.416 e. The molecule has 0 fully saturated rings. The van der Waals surface area contributed by atoms with Crippen molar-refractivity contribution < 1.29 is 22.3 Å². The van der Waals surface area contributed by atoms with Gasteiger partial charge in [0.2, 0.25) is 5.89 Å². The Morgan fingerprint density at radius 1 is 1.07 bits per heavy atom. The van der Waals surface area contributed by atoms with E-state index in [4.69, 9.17) is 9.15 Å². The van der Waals surface area contributed by atoms with Crippen LogP contribution < -0.4 is 10.1 Å². The van der Waals surface area contributed by atoms with Gasteiger partial charge in [-0.15, -0.1) is 0 Å². The van der Waals surface area contributed by atoms with E-state index in [0.29, 0.717) is 23.7 Å². The number of anilines is 1. The van der Waals surface area contributed by atoms with E-state index >= 15 is 0 Å². The van der Waals surface area contributed by atoms with Crippen LogP contribution >= 0.6 is 0 Å². The van der Waals surface area contributed by atoms with E-state index in [2.05, 4.69) is 10.3 Å². The molecule has 0 aliphatic rings. The first-order valence-corrected chi connectivity index (χ1v) is 8.12. The molecule has 3 aromatic rings. The average Bonchev–Trinajstić information content (AvgIpc) is 3.12. The fourth-order valence-corrected chi connectivity index (χ4v) is 2.41. The van der Waals surface area contributed by atoms with Gasteiger partial charge in [0.25, 0.3) is 0 Å². The molecule has 4 nitrogen and oxygen atoms in total. The Kier molecular flexibility index (Phi) is 5.49. The van der Waals surface area contributed by atoms with Crippen molar-refractivity contribution >= 4 is 17.8 Å². The first-order valence-electron chi connectivity index (χ1n) is 8.12. The van der Waals surface area contributed by atoms with Gasteiger partial charge in [0.1, 0.15) is 12.0 Å². The molecule has 1 heterocycles. The number of nitrogens with zero attached hydrogens (tertiary/aromatic N) is 1. The number of benzene rings is 2. The highest BCUT2D eigenvalue weighted by atomic mass is 19.4. The zero-order valence-electron chi connectivity index (χ0n) is 14.5. The van der Waals surface area contributed by atoms with Crippen LogP contribution in [0.25, 0.3) is 12.2 Å². The van der Waals surface area contributed by atoms with Gasteiger partial charge in [-0.2, -0.15) is 13.2 Å². The molecule has 0 spiro atoms. The van der Waals surface area contributed by atoms with Crippen molar-refractivity contribution in [1.82, 2.24) is 4.98 Å². The van der Waals surface area contributed by atoms with Crippen LogP contribution in [0, 0.1) is 0 Å². The third-order valence-corrected chi connectivity index (χ3v) is 3.79. The number of para-hydroxylation sites is 2. The van der Waals surface area contributed by atoms with E-state index in [1.54, 1.807) is 19.3 Å². The van der Waals surface area contributed by atoms with Gasteiger partial charge in [-0.05, 0) is 35.9 Å². The third kappa shape index (κ3) is 4.91. The standard InChI is InChI=1S/C20H17F3N2O2/c1-26-18-5-3-2-4-17(18)24-12-16-13-27-19(25-16)11-8-14-6-9-15(10-7-14)20(21,22)23/h2-11,13,24H,12H2,1H3/b11-8+. The molecule has 0 saturated heterocycles. The van der Waals surface area contributed by atoms with Gasteiger partial charge in [-0.25, -0.2) is 4.98 Å². The van der Waals surface area contributed by atoms with E-state index in [-0.39, 0.29) is 0 Å². The summed E-state index contributed by atoms with van der Waals surface area (Å²) in [5, 5.41) is 3.21.